The SMILES string of the molecule is CCc1ccc2nc(NC(=O)c3cccnc3SCc3c(C)noc3C)sc2c1. The molecule has 0 aliphatic heterocycles. The number of aromatic nitrogens is 3. The van der Waals surface area contributed by atoms with E-state index < -0.39 is 0 Å². The van der Waals surface area contributed by atoms with Gasteiger partial charge < -0.3 is 4.52 Å². The van der Waals surface area contributed by atoms with E-state index in [1.54, 1.807) is 18.3 Å². The Kier molecular flexibility index (Phi) is 5.64. The predicted octanol–water partition coefficient (Wildman–Crippen LogP) is 5.40. The predicted molar refractivity (Wildman–Crippen MR) is 117 cm³/mol. The maximum absolute atomic E-state index is 12.9. The number of anilines is 1. The van der Waals surface area contributed by atoms with Crippen LogP contribution in [0.15, 0.2) is 46.1 Å². The van der Waals surface area contributed by atoms with Gasteiger partial charge >= 0.3 is 0 Å². The molecule has 0 spiro atoms. The summed E-state index contributed by atoms with van der Waals surface area (Å²) in [5, 5.41) is 8.16. The van der Waals surface area contributed by atoms with Gasteiger partial charge in [0.2, 0.25) is 0 Å². The second-order valence-corrected chi connectivity index (χ2v) is 8.57. The molecule has 0 radical (unpaired) electrons. The number of hydrogen-bond donors (Lipinski definition) is 1. The van der Waals surface area contributed by atoms with E-state index in [2.05, 4.69) is 39.5 Å². The van der Waals surface area contributed by atoms with Crippen LogP contribution in [0.2, 0.25) is 0 Å². The van der Waals surface area contributed by atoms with Crippen LogP contribution in [0.1, 0.15) is 39.9 Å². The van der Waals surface area contributed by atoms with E-state index in [0.717, 1.165) is 33.7 Å². The highest BCUT2D eigenvalue weighted by molar-refractivity contribution is 7.98. The van der Waals surface area contributed by atoms with Crippen LogP contribution in [0.3, 0.4) is 0 Å². The maximum atomic E-state index is 12.9. The van der Waals surface area contributed by atoms with Crippen LogP contribution in [0.5, 0.6) is 0 Å². The van der Waals surface area contributed by atoms with Crippen LogP contribution in [-0.2, 0) is 12.2 Å². The van der Waals surface area contributed by atoms with Gasteiger partial charge in [-0.3, -0.25) is 10.1 Å². The third-order valence-electron chi connectivity index (χ3n) is 4.63. The van der Waals surface area contributed by atoms with Crippen molar-refractivity contribution in [3.05, 3.63) is 64.7 Å². The molecule has 8 heteroatoms. The average Bonchev–Trinajstić information content (AvgIpc) is 3.27. The molecule has 0 aliphatic rings. The van der Waals surface area contributed by atoms with E-state index in [0.29, 0.717) is 21.5 Å². The summed E-state index contributed by atoms with van der Waals surface area (Å²) in [6, 6.07) is 9.73. The number of amides is 1. The number of carbonyl (C=O) groups is 1. The Balaban J connectivity index is 1.53. The molecule has 0 saturated heterocycles. The Morgan fingerprint density at radius 1 is 1.28 bits per heavy atom. The number of nitrogens with one attached hydrogen (secondary N) is 1. The van der Waals surface area contributed by atoms with Crippen LogP contribution >= 0.6 is 23.1 Å². The zero-order valence-electron chi connectivity index (χ0n) is 16.4. The van der Waals surface area contributed by atoms with E-state index in [1.807, 2.05) is 19.9 Å². The van der Waals surface area contributed by atoms with Gasteiger partial charge in [-0.2, -0.15) is 0 Å². The molecule has 148 valence electrons. The van der Waals surface area contributed by atoms with Crippen molar-refractivity contribution >= 4 is 44.4 Å². The van der Waals surface area contributed by atoms with E-state index >= 15 is 0 Å². The number of pyridine rings is 1. The zero-order chi connectivity index (χ0) is 20.4. The highest BCUT2D eigenvalue weighted by Gasteiger charge is 2.17. The molecule has 3 aromatic heterocycles. The molecule has 1 aromatic carbocycles. The third kappa shape index (κ3) is 4.18. The molecule has 6 nitrogen and oxygen atoms in total. The molecule has 0 atom stereocenters. The van der Waals surface area contributed by atoms with E-state index in [1.165, 1.54) is 28.7 Å². The van der Waals surface area contributed by atoms with Crippen molar-refractivity contribution in [2.75, 3.05) is 5.32 Å². The number of hydrogen-bond acceptors (Lipinski definition) is 7. The van der Waals surface area contributed by atoms with Gasteiger partial charge in [0.1, 0.15) is 10.8 Å². The Morgan fingerprint density at radius 3 is 2.90 bits per heavy atom. The van der Waals surface area contributed by atoms with E-state index in [9.17, 15) is 4.79 Å². The van der Waals surface area contributed by atoms with Crippen molar-refractivity contribution in [3.63, 3.8) is 0 Å². The van der Waals surface area contributed by atoms with Crippen molar-refractivity contribution in [3.8, 4) is 0 Å². The van der Waals surface area contributed by atoms with E-state index in [4.69, 9.17) is 4.52 Å². The molecular weight excluding hydrogens is 404 g/mol. The van der Waals surface area contributed by atoms with Crippen molar-refractivity contribution in [1.29, 1.82) is 0 Å². The standard InChI is InChI=1S/C21H20N4O2S2/c1-4-14-7-8-17-18(10-14)29-21(23-17)24-19(26)15-6-5-9-22-20(15)28-11-16-12(2)25-27-13(16)3/h5-10H,4,11H2,1-3H3,(H,23,24,26). The minimum absolute atomic E-state index is 0.214. The lowest BCUT2D eigenvalue weighted by molar-refractivity contribution is 0.102. The molecular formula is C21H20N4O2S2. The largest absolute Gasteiger partial charge is 0.361 e. The van der Waals surface area contributed by atoms with Crippen molar-refractivity contribution in [2.24, 2.45) is 0 Å². The number of benzene rings is 1. The highest BCUT2D eigenvalue weighted by Crippen LogP contribution is 2.30. The summed E-state index contributed by atoms with van der Waals surface area (Å²) >= 11 is 2.97. The Bertz CT molecular complexity index is 1160. The second kappa shape index (κ2) is 8.34. The summed E-state index contributed by atoms with van der Waals surface area (Å²) in [6.07, 6.45) is 2.66. The Morgan fingerprint density at radius 2 is 2.14 bits per heavy atom. The van der Waals surface area contributed by atoms with Gasteiger partial charge in [-0.1, -0.05) is 29.5 Å². The van der Waals surface area contributed by atoms with E-state index in [-0.39, 0.29) is 5.91 Å². The van der Waals surface area contributed by atoms with Crippen LogP contribution in [-0.4, -0.2) is 21.0 Å². The lowest BCUT2D eigenvalue weighted by Crippen LogP contribution is -2.13. The van der Waals surface area contributed by atoms with Gasteiger partial charge in [0.05, 0.1) is 21.5 Å². The van der Waals surface area contributed by atoms with Crippen LogP contribution in [0, 0.1) is 13.8 Å². The summed E-state index contributed by atoms with van der Waals surface area (Å²) in [4.78, 5) is 21.8. The second-order valence-electron chi connectivity index (χ2n) is 6.58. The fourth-order valence-corrected chi connectivity index (χ4v) is 5.00. The first-order valence-corrected chi connectivity index (χ1v) is 11.1. The normalized spacial score (nSPS) is 11.1. The third-order valence-corrected chi connectivity index (χ3v) is 6.60. The van der Waals surface area contributed by atoms with Gasteiger partial charge in [0, 0.05) is 17.5 Å². The smallest absolute Gasteiger partial charge is 0.260 e. The summed E-state index contributed by atoms with van der Waals surface area (Å²) in [5.41, 5.74) is 4.56. The highest BCUT2D eigenvalue weighted by atomic mass is 32.2. The molecule has 0 fully saturated rings. The number of nitrogens with zero attached hydrogens (tertiary/aromatic N) is 3. The van der Waals surface area contributed by atoms with Crippen molar-refractivity contribution in [2.45, 2.75) is 38.0 Å². The Labute approximate surface area is 176 Å². The summed E-state index contributed by atoms with van der Waals surface area (Å²) in [5.74, 6) is 1.21. The minimum atomic E-state index is -0.214. The quantitative estimate of drug-likeness (QED) is 0.417. The van der Waals surface area contributed by atoms with Crippen LogP contribution in [0.4, 0.5) is 5.13 Å². The van der Waals surface area contributed by atoms with Gasteiger partial charge in [-0.25, -0.2) is 9.97 Å². The topological polar surface area (TPSA) is 80.9 Å². The van der Waals surface area contributed by atoms with Crippen molar-refractivity contribution in [1.82, 2.24) is 15.1 Å². The minimum Gasteiger partial charge on any atom is -0.361 e. The first-order valence-electron chi connectivity index (χ1n) is 9.25. The average molecular weight is 425 g/mol. The number of thiazole rings is 1. The lowest BCUT2D eigenvalue weighted by atomic mass is 10.2. The van der Waals surface area contributed by atoms with Gasteiger partial charge in [-0.15, -0.1) is 11.8 Å². The Hall–Kier alpha value is -2.71. The first kappa shape index (κ1) is 19.6. The molecule has 0 aliphatic carbocycles. The lowest BCUT2D eigenvalue weighted by Gasteiger charge is -2.07. The number of fused-ring (bicyclic) bond motifs is 1. The van der Waals surface area contributed by atoms with Crippen LogP contribution < -0.4 is 5.32 Å². The first-order chi connectivity index (χ1) is 14.0. The number of aryl methyl sites for hydroxylation is 3. The number of thioether (sulfide) groups is 1. The number of carbonyl (C=O) groups excluding carboxylic acids is 1. The fourth-order valence-electron chi connectivity index (χ4n) is 2.93. The fraction of sp³-hybridized carbons (Fsp3) is 0.238. The van der Waals surface area contributed by atoms with Gasteiger partial charge in [0.25, 0.3) is 5.91 Å². The summed E-state index contributed by atoms with van der Waals surface area (Å²) in [7, 11) is 0. The number of rotatable bonds is 6. The molecule has 4 aromatic rings. The van der Waals surface area contributed by atoms with Gasteiger partial charge in [0.15, 0.2) is 5.13 Å². The summed E-state index contributed by atoms with van der Waals surface area (Å²) in [6.45, 7) is 5.92. The molecule has 0 saturated carbocycles. The van der Waals surface area contributed by atoms with Gasteiger partial charge in [-0.05, 0) is 50.1 Å². The summed E-state index contributed by atoms with van der Waals surface area (Å²) < 4.78 is 6.28. The van der Waals surface area contributed by atoms with Crippen molar-refractivity contribution < 1.29 is 9.32 Å². The molecule has 0 bridgehead atoms. The molecule has 3 heterocycles. The molecule has 4 rings (SSSR count). The maximum Gasteiger partial charge on any atom is 0.260 e. The monoisotopic (exact) mass is 424 g/mol. The molecule has 29 heavy (non-hydrogen) atoms. The molecule has 1 N–H and O–H groups in total. The molecule has 0 unspecified atom stereocenters. The van der Waals surface area contributed by atoms with Crippen LogP contribution in [0.25, 0.3) is 10.2 Å². The molecule has 1 amide bonds. The zero-order valence-corrected chi connectivity index (χ0v) is 18.0.